The highest BCUT2D eigenvalue weighted by atomic mass is 15.1. The van der Waals surface area contributed by atoms with Crippen molar-refractivity contribution in [3.05, 3.63) is 0 Å². The van der Waals surface area contributed by atoms with E-state index in [1.165, 1.54) is 58.3 Å². The van der Waals surface area contributed by atoms with E-state index in [4.69, 9.17) is 0 Å². The van der Waals surface area contributed by atoms with Gasteiger partial charge in [-0.2, -0.15) is 0 Å². The number of nitrogens with zero attached hydrogens (tertiary/aromatic N) is 1. The lowest BCUT2D eigenvalue weighted by Crippen LogP contribution is -2.26. The van der Waals surface area contributed by atoms with Gasteiger partial charge in [-0.15, -0.1) is 0 Å². The Morgan fingerprint density at radius 2 is 2.19 bits per heavy atom. The molecule has 0 amide bonds. The van der Waals surface area contributed by atoms with E-state index in [0.29, 0.717) is 0 Å². The Labute approximate surface area is 102 Å². The normalized spacial score (nSPS) is 22.9. The minimum atomic E-state index is 0.914. The van der Waals surface area contributed by atoms with E-state index in [1.807, 2.05) is 0 Å². The van der Waals surface area contributed by atoms with E-state index in [-0.39, 0.29) is 0 Å². The van der Waals surface area contributed by atoms with E-state index in [9.17, 15) is 0 Å². The Kier molecular flexibility index (Phi) is 7.06. The van der Waals surface area contributed by atoms with Crippen LogP contribution in [0.15, 0.2) is 0 Å². The van der Waals surface area contributed by atoms with Crippen LogP contribution in [0.25, 0.3) is 0 Å². The first-order chi connectivity index (χ1) is 7.76. The largest absolute Gasteiger partial charge is 0.316 e. The van der Waals surface area contributed by atoms with Crippen LogP contribution in [0.2, 0.25) is 0 Å². The maximum absolute atomic E-state index is 3.46. The number of hydrogen-bond acceptors (Lipinski definition) is 2. The monoisotopic (exact) mass is 226 g/mol. The van der Waals surface area contributed by atoms with Crippen molar-refractivity contribution in [1.82, 2.24) is 10.2 Å². The zero-order chi connectivity index (χ0) is 11.8. The fourth-order valence-corrected chi connectivity index (χ4v) is 2.77. The highest BCUT2D eigenvalue weighted by Gasteiger charge is 2.17. The van der Waals surface area contributed by atoms with E-state index in [2.05, 4.69) is 31.1 Å². The van der Waals surface area contributed by atoms with Crippen molar-refractivity contribution in [2.24, 2.45) is 11.8 Å². The minimum absolute atomic E-state index is 0.914. The van der Waals surface area contributed by atoms with E-state index in [0.717, 1.165) is 11.8 Å². The average molecular weight is 226 g/mol. The summed E-state index contributed by atoms with van der Waals surface area (Å²) in [5, 5.41) is 3.46. The number of rotatable bonds is 8. The van der Waals surface area contributed by atoms with Crippen LogP contribution in [0.1, 0.15) is 46.0 Å². The molecule has 1 fully saturated rings. The van der Waals surface area contributed by atoms with Gasteiger partial charge in [-0.25, -0.2) is 0 Å². The summed E-state index contributed by atoms with van der Waals surface area (Å²) >= 11 is 0. The predicted octanol–water partition coefficient (Wildman–Crippen LogP) is 2.74. The molecule has 0 aromatic heterocycles. The Morgan fingerprint density at radius 3 is 2.75 bits per heavy atom. The summed E-state index contributed by atoms with van der Waals surface area (Å²) in [5.74, 6) is 1.88. The van der Waals surface area contributed by atoms with Gasteiger partial charge in [0.2, 0.25) is 0 Å². The molecule has 1 aliphatic rings. The van der Waals surface area contributed by atoms with Crippen molar-refractivity contribution in [3.63, 3.8) is 0 Å². The molecule has 0 radical (unpaired) electrons. The lowest BCUT2D eigenvalue weighted by molar-refractivity contribution is 0.253. The van der Waals surface area contributed by atoms with Gasteiger partial charge in [0.1, 0.15) is 0 Å². The summed E-state index contributed by atoms with van der Waals surface area (Å²) in [6, 6.07) is 0. The molecule has 0 bridgehead atoms. The average Bonchev–Trinajstić information content (AvgIpc) is 2.77. The van der Waals surface area contributed by atoms with Crippen LogP contribution in [0.5, 0.6) is 0 Å². The van der Waals surface area contributed by atoms with Gasteiger partial charge in [-0.05, 0) is 64.2 Å². The zero-order valence-electron chi connectivity index (χ0n) is 11.5. The third-order valence-electron chi connectivity index (χ3n) is 3.90. The van der Waals surface area contributed by atoms with Gasteiger partial charge in [0.25, 0.3) is 0 Å². The van der Waals surface area contributed by atoms with Gasteiger partial charge in [0.15, 0.2) is 0 Å². The Morgan fingerprint density at radius 1 is 1.38 bits per heavy atom. The lowest BCUT2D eigenvalue weighted by Gasteiger charge is -2.23. The first-order valence-electron chi connectivity index (χ1n) is 7.15. The molecule has 96 valence electrons. The molecule has 0 aromatic rings. The van der Waals surface area contributed by atoms with Crippen molar-refractivity contribution in [2.75, 3.05) is 33.2 Å². The van der Waals surface area contributed by atoms with Gasteiger partial charge in [-0.1, -0.05) is 20.3 Å². The SMILES string of the molecule is CCCN(C)CC(CC)CCC1CCNC1. The molecule has 1 aliphatic heterocycles. The summed E-state index contributed by atoms with van der Waals surface area (Å²) in [5.41, 5.74) is 0. The molecule has 2 unspecified atom stereocenters. The Bertz CT molecular complexity index is 164. The standard InChI is InChI=1S/C14H30N2/c1-4-10-16(3)12-13(5-2)6-7-14-8-9-15-11-14/h13-15H,4-12H2,1-3H3. The maximum atomic E-state index is 3.46. The van der Waals surface area contributed by atoms with Gasteiger partial charge >= 0.3 is 0 Å². The van der Waals surface area contributed by atoms with Gasteiger partial charge in [0, 0.05) is 6.54 Å². The quantitative estimate of drug-likeness (QED) is 0.684. The second kappa shape index (κ2) is 8.08. The summed E-state index contributed by atoms with van der Waals surface area (Å²) in [7, 11) is 2.27. The lowest BCUT2D eigenvalue weighted by atomic mass is 9.93. The Hall–Kier alpha value is -0.0800. The molecule has 16 heavy (non-hydrogen) atoms. The molecular weight excluding hydrogens is 196 g/mol. The second-order valence-corrected chi connectivity index (χ2v) is 5.47. The van der Waals surface area contributed by atoms with Crippen LogP contribution < -0.4 is 5.32 Å². The zero-order valence-corrected chi connectivity index (χ0v) is 11.5. The molecule has 1 heterocycles. The molecule has 0 aliphatic carbocycles. The van der Waals surface area contributed by atoms with Crippen LogP contribution in [0.4, 0.5) is 0 Å². The fourth-order valence-electron chi connectivity index (χ4n) is 2.77. The van der Waals surface area contributed by atoms with Crippen molar-refractivity contribution in [2.45, 2.75) is 46.0 Å². The van der Waals surface area contributed by atoms with Crippen LogP contribution in [0, 0.1) is 11.8 Å². The van der Waals surface area contributed by atoms with Crippen molar-refractivity contribution in [1.29, 1.82) is 0 Å². The van der Waals surface area contributed by atoms with Crippen molar-refractivity contribution < 1.29 is 0 Å². The molecule has 2 heteroatoms. The van der Waals surface area contributed by atoms with E-state index >= 15 is 0 Å². The molecule has 0 aromatic carbocycles. The number of hydrogen-bond donors (Lipinski definition) is 1. The summed E-state index contributed by atoms with van der Waals surface area (Å²) in [4.78, 5) is 2.50. The third kappa shape index (κ3) is 5.31. The molecule has 0 spiro atoms. The first kappa shape index (κ1) is 14.0. The molecule has 1 N–H and O–H groups in total. The fraction of sp³-hybridized carbons (Fsp3) is 1.00. The second-order valence-electron chi connectivity index (χ2n) is 5.47. The Balaban J connectivity index is 2.14. The highest BCUT2D eigenvalue weighted by molar-refractivity contribution is 4.73. The predicted molar refractivity (Wildman–Crippen MR) is 71.8 cm³/mol. The van der Waals surface area contributed by atoms with Crippen LogP contribution >= 0.6 is 0 Å². The highest BCUT2D eigenvalue weighted by Crippen LogP contribution is 2.20. The van der Waals surface area contributed by atoms with Crippen LogP contribution in [-0.2, 0) is 0 Å². The molecule has 2 nitrogen and oxygen atoms in total. The minimum Gasteiger partial charge on any atom is -0.316 e. The molecule has 0 saturated carbocycles. The van der Waals surface area contributed by atoms with Gasteiger partial charge in [-0.3, -0.25) is 0 Å². The topological polar surface area (TPSA) is 15.3 Å². The van der Waals surface area contributed by atoms with Crippen LogP contribution in [0.3, 0.4) is 0 Å². The summed E-state index contributed by atoms with van der Waals surface area (Å²) in [6.07, 6.45) is 6.89. The summed E-state index contributed by atoms with van der Waals surface area (Å²) in [6.45, 7) is 9.67. The van der Waals surface area contributed by atoms with Crippen molar-refractivity contribution in [3.8, 4) is 0 Å². The third-order valence-corrected chi connectivity index (χ3v) is 3.90. The maximum Gasteiger partial charge on any atom is 0.000650 e. The molecular formula is C14H30N2. The van der Waals surface area contributed by atoms with E-state index < -0.39 is 0 Å². The van der Waals surface area contributed by atoms with Crippen LogP contribution in [-0.4, -0.2) is 38.1 Å². The first-order valence-corrected chi connectivity index (χ1v) is 7.15. The molecule has 1 rings (SSSR count). The summed E-state index contributed by atoms with van der Waals surface area (Å²) < 4.78 is 0. The van der Waals surface area contributed by atoms with Gasteiger partial charge < -0.3 is 10.2 Å². The van der Waals surface area contributed by atoms with E-state index in [1.54, 1.807) is 0 Å². The smallest absolute Gasteiger partial charge is 0.000650 e. The number of nitrogens with one attached hydrogen (secondary N) is 1. The molecule has 2 atom stereocenters. The molecule has 1 saturated heterocycles. The van der Waals surface area contributed by atoms with Gasteiger partial charge in [0.05, 0.1) is 0 Å². The van der Waals surface area contributed by atoms with Crippen molar-refractivity contribution >= 4 is 0 Å².